The Balaban J connectivity index is 2.37. The van der Waals surface area contributed by atoms with Crippen molar-refractivity contribution in [2.45, 2.75) is 25.7 Å². The SMILES string of the molecule is [NH]CC1=CCCCC1. The Labute approximate surface area is 50.6 Å². The van der Waals surface area contributed by atoms with E-state index in [9.17, 15) is 0 Å². The molecular formula is C7H12N. The summed E-state index contributed by atoms with van der Waals surface area (Å²) in [4.78, 5) is 0. The average Bonchev–Trinajstić information content (AvgIpc) is 1.90. The summed E-state index contributed by atoms with van der Waals surface area (Å²) in [7, 11) is 0. The smallest absolute Gasteiger partial charge is 0.0310 e. The summed E-state index contributed by atoms with van der Waals surface area (Å²) in [6.07, 6.45) is 7.27. The van der Waals surface area contributed by atoms with Crippen LogP contribution in [0.5, 0.6) is 0 Å². The lowest BCUT2D eigenvalue weighted by Crippen LogP contribution is -1.96. The first kappa shape index (κ1) is 5.83. The Morgan fingerprint density at radius 2 is 2.38 bits per heavy atom. The van der Waals surface area contributed by atoms with Gasteiger partial charge in [0.2, 0.25) is 0 Å². The normalized spacial score (nSPS) is 20.4. The number of hydrogen-bond acceptors (Lipinski definition) is 0. The maximum Gasteiger partial charge on any atom is 0.0310 e. The van der Waals surface area contributed by atoms with Gasteiger partial charge in [-0.1, -0.05) is 11.6 Å². The fourth-order valence-electron chi connectivity index (χ4n) is 1.07. The van der Waals surface area contributed by atoms with E-state index in [4.69, 9.17) is 5.73 Å². The number of nitrogens with one attached hydrogen (secondary N) is 1. The molecule has 1 rings (SSSR count). The lowest BCUT2D eigenvalue weighted by Gasteiger charge is -2.08. The maximum atomic E-state index is 7.03. The third-order valence-corrected chi connectivity index (χ3v) is 1.61. The van der Waals surface area contributed by atoms with Gasteiger partial charge in [0.25, 0.3) is 0 Å². The second-order valence-corrected chi connectivity index (χ2v) is 2.28. The molecule has 45 valence electrons. The summed E-state index contributed by atoms with van der Waals surface area (Å²) in [5, 5.41) is 0. The van der Waals surface area contributed by atoms with Crippen LogP contribution in [0, 0.1) is 0 Å². The Morgan fingerprint density at radius 1 is 1.50 bits per heavy atom. The third kappa shape index (κ3) is 1.34. The van der Waals surface area contributed by atoms with Gasteiger partial charge in [0.1, 0.15) is 0 Å². The standard InChI is InChI=1S/C7H12N/c8-6-7-4-2-1-3-5-7/h4,8H,1-3,5-6H2. The average molecular weight is 110 g/mol. The zero-order valence-electron chi connectivity index (χ0n) is 5.11. The molecular weight excluding hydrogens is 98.1 g/mol. The third-order valence-electron chi connectivity index (χ3n) is 1.61. The molecule has 0 unspecified atom stereocenters. The second-order valence-electron chi connectivity index (χ2n) is 2.28. The molecule has 0 heterocycles. The first-order valence-electron chi connectivity index (χ1n) is 3.26. The van der Waals surface area contributed by atoms with Gasteiger partial charge in [-0.25, -0.2) is 0 Å². The summed E-state index contributed by atoms with van der Waals surface area (Å²) in [5.74, 6) is 0. The van der Waals surface area contributed by atoms with Gasteiger partial charge >= 0.3 is 0 Å². The summed E-state index contributed by atoms with van der Waals surface area (Å²) >= 11 is 0. The van der Waals surface area contributed by atoms with Crippen molar-refractivity contribution in [1.29, 1.82) is 0 Å². The first-order chi connectivity index (χ1) is 3.93. The molecule has 8 heavy (non-hydrogen) atoms. The highest BCUT2D eigenvalue weighted by Crippen LogP contribution is 2.15. The zero-order chi connectivity index (χ0) is 5.82. The van der Waals surface area contributed by atoms with Gasteiger partial charge in [0.15, 0.2) is 0 Å². The van der Waals surface area contributed by atoms with Crippen molar-refractivity contribution in [2.24, 2.45) is 0 Å². The topological polar surface area (TPSA) is 23.8 Å². The van der Waals surface area contributed by atoms with Crippen molar-refractivity contribution in [3.63, 3.8) is 0 Å². The molecule has 0 atom stereocenters. The molecule has 0 saturated heterocycles. The van der Waals surface area contributed by atoms with E-state index < -0.39 is 0 Å². The van der Waals surface area contributed by atoms with Crippen LogP contribution in [0.15, 0.2) is 11.6 Å². The highest BCUT2D eigenvalue weighted by atomic mass is 14.5. The molecule has 1 heteroatoms. The van der Waals surface area contributed by atoms with E-state index >= 15 is 0 Å². The summed E-state index contributed by atoms with van der Waals surface area (Å²) < 4.78 is 0. The van der Waals surface area contributed by atoms with Gasteiger partial charge in [0.05, 0.1) is 0 Å². The predicted octanol–water partition coefficient (Wildman–Crippen LogP) is 1.77. The lowest BCUT2D eigenvalue weighted by atomic mass is 10.0. The molecule has 0 amide bonds. The van der Waals surface area contributed by atoms with E-state index in [-0.39, 0.29) is 0 Å². The molecule has 1 N–H and O–H groups in total. The molecule has 0 aliphatic heterocycles. The van der Waals surface area contributed by atoms with Crippen LogP contribution in [-0.4, -0.2) is 6.54 Å². The van der Waals surface area contributed by atoms with Crippen LogP contribution in [0.1, 0.15) is 25.7 Å². The summed E-state index contributed by atoms with van der Waals surface area (Å²) in [6.45, 7) is 0.528. The first-order valence-corrected chi connectivity index (χ1v) is 3.26. The number of hydrogen-bond donors (Lipinski definition) is 0. The quantitative estimate of drug-likeness (QED) is 0.459. The monoisotopic (exact) mass is 110 g/mol. The van der Waals surface area contributed by atoms with Gasteiger partial charge in [-0.3, -0.25) is 5.73 Å². The van der Waals surface area contributed by atoms with Crippen molar-refractivity contribution in [3.8, 4) is 0 Å². The minimum absolute atomic E-state index is 0.528. The predicted molar refractivity (Wildman–Crippen MR) is 34.5 cm³/mol. The lowest BCUT2D eigenvalue weighted by molar-refractivity contribution is 0.689. The molecule has 0 aromatic carbocycles. The molecule has 0 spiro atoms. The minimum atomic E-state index is 0.528. The fraction of sp³-hybridized carbons (Fsp3) is 0.714. The molecule has 0 aromatic heterocycles. The van der Waals surface area contributed by atoms with Crippen molar-refractivity contribution in [2.75, 3.05) is 6.54 Å². The molecule has 0 saturated carbocycles. The zero-order valence-corrected chi connectivity index (χ0v) is 5.11. The summed E-state index contributed by atoms with van der Waals surface area (Å²) in [6, 6.07) is 0. The van der Waals surface area contributed by atoms with Gasteiger partial charge in [-0.15, -0.1) is 0 Å². The van der Waals surface area contributed by atoms with E-state index in [2.05, 4.69) is 6.08 Å². The van der Waals surface area contributed by atoms with Crippen molar-refractivity contribution in [1.82, 2.24) is 5.73 Å². The Bertz CT molecular complexity index is 94.6. The van der Waals surface area contributed by atoms with Crippen molar-refractivity contribution in [3.05, 3.63) is 11.6 Å². The molecule has 1 aliphatic rings. The van der Waals surface area contributed by atoms with Gasteiger partial charge in [-0.2, -0.15) is 0 Å². The fourth-order valence-corrected chi connectivity index (χ4v) is 1.07. The maximum absolute atomic E-state index is 7.03. The molecule has 0 bridgehead atoms. The van der Waals surface area contributed by atoms with Crippen LogP contribution in [0.3, 0.4) is 0 Å². The van der Waals surface area contributed by atoms with E-state index in [0.717, 1.165) is 0 Å². The van der Waals surface area contributed by atoms with E-state index in [0.29, 0.717) is 6.54 Å². The highest BCUT2D eigenvalue weighted by molar-refractivity contribution is 5.05. The Kier molecular flexibility index (Phi) is 2.10. The van der Waals surface area contributed by atoms with E-state index in [1.165, 1.54) is 31.3 Å². The molecule has 1 aliphatic carbocycles. The highest BCUT2D eigenvalue weighted by Gasteiger charge is 1.99. The molecule has 0 fully saturated rings. The van der Waals surface area contributed by atoms with Crippen LogP contribution in [-0.2, 0) is 0 Å². The van der Waals surface area contributed by atoms with Crippen LogP contribution in [0.4, 0.5) is 0 Å². The van der Waals surface area contributed by atoms with Crippen LogP contribution in [0.2, 0.25) is 0 Å². The van der Waals surface area contributed by atoms with Gasteiger partial charge < -0.3 is 0 Å². The Morgan fingerprint density at radius 3 is 2.75 bits per heavy atom. The van der Waals surface area contributed by atoms with Crippen LogP contribution < -0.4 is 5.73 Å². The number of allylic oxidation sites excluding steroid dienone is 1. The van der Waals surface area contributed by atoms with E-state index in [1.54, 1.807) is 0 Å². The van der Waals surface area contributed by atoms with Crippen LogP contribution in [0.25, 0.3) is 0 Å². The van der Waals surface area contributed by atoms with Gasteiger partial charge in [0, 0.05) is 6.54 Å². The second kappa shape index (κ2) is 2.88. The molecule has 1 radical (unpaired) electrons. The van der Waals surface area contributed by atoms with Crippen LogP contribution >= 0.6 is 0 Å². The molecule has 0 aromatic rings. The van der Waals surface area contributed by atoms with Crippen molar-refractivity contribution < 1.29 is 0 Å². The summed E-state index contributed by atoms with van der Waals surface area (Å²) in [5.41, 5.74) is 8.37. The van der Waals surface area contributed by atoms with Crippen molar-refractivity contribution >= 4 is 0 Å². The van der Waals surface area contributed by atoms with E-state index in [1.807, 2.05) is 0 Å². The Hall–Kier alpha value is -0.300. The largest absolute Gasteiger partial charge is 0.253 e. The number of rotatable bonds is 1. The molecule has 1 nitrogen and oxygen atoms in total. The van der Waals surface area contributed by atoms with Gasteiger partial charge in [-0.05, 0) is 25.7 Å². The minimum Gasteiger partial charge on any atom is -0.253 e.